The van der Waals surface area contributed by atoms with E-state index in [1.807, 2.05) is 30.3 Å². The van der Waals surface area contributed by atoms with Crippen LogP contribution in [0.4, 0.5) is 0 Å². The number of pyridine rings is 1. The molecule has 1 atom stereocenters. The molecular weight excluding hydrogens is 274 g/mol. The van der Waals surface area contributed by atoms with Crippen LogP contribution in [-0.2, 0) is 4.79 Å². The van der Waals surface area contributed by atoms with Crippen LogP contribution in [0, 0.1) is 0 Å². The molecule has 0 aromatic carbocycles. The monoisotopic (exact) mass is 281 g/mol. The fraction of sp³-hybridized carbons (Fsp3) is 0.0909. The number of nitrogens with zero attached hydrogens (tertiary/aromatic N) is 1. The molecule has 2 rings (SSSR count). The van der Waals surface area contributed by atoms with Crippen molar-refractivity contribution in [2.75, 3.05) is 0 Å². The van der Waals surface area contributed by atoms with Crippen LogP contribution in [-0.4, -0.2) is 11.3 Å². The third-order valence-corrected chi connectivity index (χ3v) is 4.14. The topological polar surface area (TPSA) is 30.0 Å². The Morgan fingerprint density at radius 2 is 2.20 bits per heavy atom. The van der Waals surface area contributed by atoms with Gasteiger partial charge >= 0.3 is 0 Å². The van der Waals surface area contributed by atoms with Gasteiger partial charge < -0.3 is 4.79 Å². The summed E-state index contributed by atoms with van der Waals surface area (Å²) < 4.78 is 0. The lowest BCUT2D eigenvalue weighted by Gasteiger charge is -1.96. The number of aromatic nitrogens is 1. The van der Waals surface area contributed by atoms with E-state index < -0.39 is 0 Å². The first kappa shape index (κ1) is 10.5. The SMILES string of the molecule is O=CC(Br)c1ccc(-c2ccccn2)s1. The first-order valence-electron chi connectivity index (χ1n) is 4.42. The maximum Gasteiger partial charge on any atom is 0.138 e. The zero-order valence-corrected chi connectivity index (χ0v) is 10.2. The van der Waals surface area contributed by atoms with E-state index >= 15 is 0 Å². The quantitative estimate of drug-likeness (QED) is 0.637. The Kier molecular flexibility index (Phi) is 3.28. The van der Waals surface area contributed by atoms with Crippen LogP contribution in [0.3, 0.4) is 0 Å². The Morgan fingerprint density at radius 3 is 2.87 bits per heavy atom. The number of carbonyl (C=O) groups is 1. The van der Waals surface area contributed by atoms with Crippen molar-refractivity contribution < 1.29 is 4.79 Å². The van der Waals surface area contributed by atoms with E-state index in [0.717, 1.165) is 21.7 Å². The van der Waals surface area contributed by atoms with Crippen LogP contribution < -0.4 is 0 Å². The first-order chi connectivity index (χ1) is 7.31. The molecule has 0 saturated carbocycles. The fourth-order valence-electron chi connectivity index (χ4n) is 1.21. The van der Waals surface area contributed by atoms with Gasteiger partial charge in [0.15, 0.2) is 0 Å². The average Bonchev–Trinajstić information content (AvgIpc) is 2.78. The first-order valence-corrected chi connectivity index (χ1v) is 6.15. The van der Waals surface area contributed by atoms with Crippen LogP contribution >= 0.6 is 27.3 Å². The van der Waals surface area contributed by atoms with Gasteiger partial charge in [-0.2, -0.15) is 0 Å². The molecule has 0 aliphatic carbocycles. The number of hydrogen-bond acceptors (Lipinski definition) is 3. The second kappa shape index (κ2) is 4.68. The van der Waals surface area contributed by atoms with E-state index in [-0.39, 0.29) is 4.83 Å². The number of alkyl halides is 1. The standard InChI is InChI=1S/C11H8BrNOS/c12-8(7-14)10-4-5-11(15-10)9-3-1-2-6-13-9/h1-8H. The zero-order valence-electron chi connectivity index (χ0n) is 7.76. The lowest BCUT2D eigenvalue weighted by atomic mass is 10.3. The van der Waals surface area contributed by atoms with E-state index in [9.17, 15) is 4.79 Å². The maximum absolute atomic E-state index is 10.6. The number of aldehydes is 1. The molecule has 0 aliphatic rings. The number of rotatable bonds is 3. The third-order valence-electron chi connectivity index (χ3n) is 1.94. The highest BCUT2D eigenvalue weighted by molar-refractivity contribution is 9.09. The predicted molar refractivity (Wildman–Crippen MR) is 65.3 cm³/mol. The fourth-order valence-corrected chi connectivity index (χ4v) is 2.57. The van der Waals surface area contributed by atoms with E-state index in [1.165, 1.54) is 0 Å². The van der Waals surface area contributed by atoms with Crippen molar-refractivity contribution in [2.24, 2.45) is 0 Å². The molecule has 0 aliphatic heterocycles. The van der Waals surface area contributed by atoms with Gasteiger partial charge in [0, 0.05) is 11.1 Å². The Morgan fingerprint density at radius 1 is 1.33 bits per heavy atom. The van der Waals surface area contributed by atoms with Crippen molar-refractivity contribution in [3.63, 3.8) is 0 Å². The summed E-state index contributed by atoms with van der Waals surface area (Å²) in [6, 6.07) is 9.73. The Hall–Kier alpha value is -1.00. The molecule has 2 nitrogen and oxygen atoms in total. The van der Waals surface area contributed by atoms with Crippen LogP contribution in [0.5, 0.6) is 0 Å². The van der Waals surface area contributed by atoms with Crippen molar-refractivity contribution in [3.05, 3.63) is 41.4 Å². The summed E-state index contributed by atoms with van der Waals surface area (Å²) in [5, 5.41) is 0. The Balaban J connectivity index is 2.32. The Bertz CT molecular complexity index is 455. The van der Waals surface area contributed by atoms with Gasteiger partial charge in [-0.05, 0) is 24.3 Å². The zero-order chi connectivity index (χ0) is 10.7. The van der Waals surface area contributed by atoms with Crippen molar-refractivity contribution in [2.45, 2.75) is 4.83 Å². The van der Waals surface area contributed by atoms with Crippen molar-refractivity contribution in [1.82, 2.24) is 4.98 Å². The molecule has 0 fully saturated rings. The van der Waals surface area contributed by atoms with Gasteiger partial charge in [0.1, 0.15) is 11.1 Å². The molecule has 4 heteroatoms. The lowest BCUT2D eigenvalue weighted by molar-refractivity contribution is -0.107. The molecule has 0 bridgehead atoms. The lowest BCUT2D eigenvalue weighted by Crippen LogP contribution is -1.83. The molecule has 76 valence electrons. The van der Waals surface area contributed by atoms with E-state index in [4.69, 9.17) is 0 Å². The van der Waals surface area contributed by atoms with Crippen LogP contribution in [0.25, 0.3) is 10.6 Å². The minimum Gasteiger partial charge on any atom is -0.302 e. The highest BCUT2D eigenvalue weighted by Gasteiger charge is 2.10. The minimum absolute atomic E-state index is 0.208. The van der Waals surface area contributed by atoms with E-state index in [0.29, 0.717) is 0 Å². The summed E-state index contributed by atoms with van der Waals surface area (Å²) in [4.78, 5) is 16.7. The van der Waals surface area contributed by atoms with Gasteiger partial charge in [0.25, 0.3) is 0 Å². The largest absolute Gasteiger partial charge is 0.302 e. The highest BCUT2D eigenvalue weighted by Crippen LogP contribution is 2.32. The number of thiophene rings is 1. The molecule has 0 amide bonds. The second-order valence-corrected chi connectivity index (χ2v) is 5.06. The molecule has 2 heterocycles. The van der Waals surface area contributed by atoms with Crippen LogP contribution in [0.1, 0.15) is 9.70 Å². The minimum atomic E-state index is -0.208. The summed E-state index contributed by atoms with van der Waals surface area (Å²) >= 11 is 4.87. The number of carbonyl (C=O) groups excluding carboxylic acids is 1. The van der Waals surface area contributed by atoms with Gasteiger partial charge in [0.05, 0.1) is 10.6 Å². The number of halogens is 1. The van der Waals surface area contributed by atoms with Crippen LogP contribution in [0.15, 0.2) is 36.5 Å². The predicted octanol–water partition coefficient (Wildman–Crippen LogP) is 3.45. The van der Waals surface area contributed by atoms with Gasteiger partial charge in [-0.25, -0.2) is 0 Å². The molecule has 15 heavy (non-hydrogen) atoms. The average molecular weight is 282 g/mol. The summed E-state index contributed by atoms with van der Waals surface area (Å²) in [6.45, 7) is 0. The van der Waals surface area contributed by atoms with Crippen LogP contribution in [0.2, 0.25) is 0 Å². The van der Waals surface area contributed by atoms with E-state index in [1.54, 1.807) is 17.5 Å². The highest BCUT2D eigenvalue weighted by atomic mass is 79.9. The van der Waals surface area contributed by atoms with Gasteiger partial charge in [-0.1, -0.05) is 22.0 Å². The molecular formula is C11H8BrNOS. The molecule has 2 aromatic heterocycles. The summed E-state index contributed by atoms with van der Waals surface area (Å²) in [7, 11) is 0. The molecule has 0 radical (unpaired) electrons. The summed E-state index contributed by atoms with van der Waals surface area (Å²) in [5.74, 6) is 0. The normalized spacial score (nSPS) is 12.3. The molecule has 0 saturated heterocycles. The second-order valence-electron chi connectivity index (χ2n) is 2.95. The molecule has 1 unspecified atom stereocenters. The molecule has 2 aromatic rings. The van der Waals surface area contributed by atoms with Crippen molar-refractivity contribution in [1.29, 1.82) is 0 Å². The van der Waals surface area contributed by atoms with E-state index in [2.05, 4.69) is 20.9 Å². The molecule has 0 N–H and O–H groups in total. The third kappa shape index (κ3) is 2.33. The van der Waals surface area contributed by atoms with Gasteiger partial charge in [0.2, 0.25) is 0 Å². The Labute approximate surface area is 100 Å². The van der Waals surface area contributed by atoms with Crippen molar-refractivity contribution >= 4 is 33.6 Å². The van der Waals surface area contributed by atoms with Crippen molar-refractivity contribution in [3.8, 4) is 10.6 Å². The smallest absolute Gasteiger partial charge is 0.138 e. The number of hydrogen-bond donors (Lipinski definition) is 0. The molecule has 0 spiro atoms. The van der Waals surface area contributed by atoms with Gasteiger partial charge in [-0.3, -0.25) is 4.98 Å². The maximum atomic E-state index is 10.6. The van der Waals surface area contributed by atoms with Gasteiger partial charge in [-0.15, -0.1) is 11.3 Å². The summed E-state index contributed by atoms with van der Waals surface area (Å²) in [6.07, 6.45) is 2.65. The summed E-state index contributed by atoms with van der Waals surface area (Å²) in [5.41, 5.74) is 0.944.